The number of hydrogen-bond donors (Lipinski definition) is 1. The maximum atomic E-state index is 13.9. The molecule has 2 aromatic carbocycles. The van der Waals surface area contributed by atoms with Gasteiger partial charge >= 0.3 is 11.7 Å². The number of halogens is 1. The number of rotatable bonds is 10. The van der Waals surface area contributed by atoms with Crippen LogP contribution in [-0.4, -0.2) is 20.2 Å². The lowest BCUT2D eigenvalue weighted by molar-refractivity contribution is 0.0697. The molecular formula is C26H31FN2O3. The van der Waals surface area contributed by atoms with Crippen LogP contribution in [0.5, 0.6) is 0 Å². The maximum Gasteiger partial charge on any atom is 0.336 e. The molecule has 1 unspecified atom stereocenters. The molecule has 1 atom stereocenters. The fourth-order valence-electron chi connectivity index (χ4n) is 4.19. The van der Waals surface area contributed by atoms with Crippen LogP contribution < -0.4 is 5.69 Å². The van der Waals surface area contributed by atoms with Crippen LogP contribution in [0, 0.1) is 0 Å². The van der Waals surface area contributed by atoms with Crippen LogP contribution in [0.1, 0.15) is 67.0 Å². The van der Waals surface area contributed by atoms with Gasteiger partial charge in [0.05, 0.1) is 11.3 Å². The van der Waals surface area contributed by atoms with Crippen molar-refractivity contribution >= 4 is 5.97 Å². The molecule has 1 N–H and O–H groups in total. The summed E-state index contributed by atoms with van der Waals surface area (Å²) < 4.78 is 17.3. The molecule has 0 aliphatic rings. The van der Waals surface area contributed by atoms with Crippen LogP contribution in [-0.2, 0) is 26.1 Å². The highest BCUT2D eigenvalue weighted by Crippen LogP contribution is 2.25. The Kier molecular flexibility index (Phi) is 7.67. The summed E-state index contributed by atoms with van der Waals surface area (Å²) >= 11 is 0. The average Bonchev–Trinajstić information content (AvgIpc) is 3.08. The van der Waals surface area contributed by atoms with Crippen molar-refractivity contribution in [3.8, 4) is 11.1 Å². The van der Waals surface area contributed by atoms with Gasteiger partial charge in [0.25, 0.3) is 0 Å². The van der Waals surface area contributed by atoms with Crippen LogP contribution in [0.3, 0.4) is 0 Å². The zero-order valence-electron chi connectivity index (χ0n) is 19.0. The molecule has 0 bridgehead atoms. The van der Waals surface area contributed by atoms with E-state index in [4.69, 9.17) is 0 Å². The third-order valence-electron chi connectivity index (χ3n) is 6.08. The standard InChI is InChI=1S/C26H31FN2O3/c1-4-8-23-24(17-27)29(18(3)5-2)26(32)28(23)16-15-19-11-13-20(14-12-19)21-9-6-7-10-22(21)25(30)31/h6-7,9-14,18H,4-5,8,15-17H2,1-3H3,(H,30,31). The molecule has 5 nitrogen and oxygen atoms in total. The monoisotopic (exact) mass is 438 g/mol. The Morgan fingerprint density at radius 2 is 1.72 bits per heavy atom. The minimum absolute atomic E-state index is 0.0429. The third kappa shape index (κ3) is 4.69. The molecule has 0 aliphatic carbocycles. The number of imidazole rings is 1. The smallest absolute Gasteiger partial charge is 0.336 e. The van der Waals surface area contributed by atoms with Gasteiger partial charge in [-0.1, -0.05) is 62.7 Å². The lowest BCUT2D eigenvalue weighted by Crippen LogP contribution is -2.28. The van der Waals surface area contributed by atoms with Gasteiger partial charge in [-0.05, 0) is 48.9 Å². The summed E-state index contributed by atoms with van der Waals surface area (Å²) in [5, 5.41) is 9.43. The molecule has 0 aliphatic heterocycles. The van der Waals surface area contributed by atoms with E-state index < -0.39 is 12.6 Å². The lowest BCUT2D eigenvalue weighted by Gasteiger charge is -2.12. The molecule has 0 fully saturated rings. The van der Waals surface area contributed by atoms with E-state index >= 15 is 0 Å². The number of benzene rings is 2. The van der Waals surface area contributed by atoms with Crippen LogP contribution in [0.25, 0.3) is 11.1 Å². The van der Waals surface area contributed by atoms with Crippen molar-refractivity contribution in [2.75, 3.05) is 0 Å². The number of carbonyl (C=O) groups is 1. The predicted molar refractivity (Wildman–Crippen MR) is 125 cm³/mol. The molecule has 3 rings (SSSR count). The minimum atomic E-state index is -0.956. The van der Waals surface area contributed by atoms with Gasteiger partial charge < -0.3 is 5.11 Å². The topological polar surface area (TPSA) is 64.2 Å². The lowest BCUT2D eigenvalue weighted by atomic mass is 9.98. The Hall–Kier alpha value is -3.15. The Morgan fingerprint density at radius 1 is 1.03 bits per heavy atom. The van der Waals surface area contributed by atoms with Crippen LogP contribution in [0.2, 0.25) is 0 Å². The van der Waals surface area contributed by atoms with E-state index in [0.717, 1.165) is 29.7 Å². The second-order valence-corrected chi connectivity index (χ2v) is 8.14. The molecular weight excluding hydrogens is 407 g/mol. The van der Waals surface area contributed by atoms with Crippen molar-refractivity contribution in [3.05, 3.63) is 81.5 Å². The van der Waals surface area contributed by atoms with E-state index in [1.54, 1.807) is 27.3 Å². The van der Waals surface area contributed by atoms with Gasteiger partial charge in [-0.25, -0.2) is 14.0 Å². The van der Waals surface area contributed by atoms with Crippen LogP contribution in [0.4, 0.5) is 4.39 Å². The van der Waals surface area contributed by atoms with Crippen molar-refractivity contribution in [2.24, 2.45) is 0 Å². The SMILES string of the molecule is CCCc1c(CF)n(C(C)CC)c(=O)n1CCc1ccc(-c2ccccc2C(=O)O)cc1. The molecule has 3 aromatic rings. The summed E-state index contributed by atoms with van der Waals surface area (Å²) in [5.41, 5.74) is 3.97. The highest BCUT2D eigenvalue weighted by atomic mass is 19.1. The van der Waals surface area contributed by atoms with Crippen molar-refractivity contribution in [3.63, 3.8) is 0 Å². The number of hydrogen-bond acceptors (Lipinski definition) is 2. The van der Waals surface area contributed by atoms with Gasteiger partial charge in [0, 0.05) is 18.3 Å². The van der Waals surface area contributed by atoms with Gasteiger partial charge in [0.2, 0.25) is 0 Å². The summed E-state index contributed by atoms with van der Waals surface area (Å²) in [6.45, 7) is 5.83. The van der Waals surface area contributed by atoms with Crippen LogP contribution >= 0.6 is 0 Å². The second kappa shape index (κ2) is 10.4. The quantitative estimate of drug-likeness (QED) is 0.445. The molecule has 32 heavy (non-hydrogen) atoms. The molecule has 170 valence electrons. The first-order chi connectivity index (χ1) is 15.4. The molecule has 1 heterocycles. The highest BCUT2D eigenvalue weighted by molar-refractivity contribution is 5.95. The Labute approximate surface area is 188 Å². The first-order valence-electron chi connectivity index (χ1n) is 11.2. The fourth-order valence-corrected chi connectivity index (χ4v) is 4.19. The molecule has 0 saturated carbocycles. The summed E-state index contributed by atoms with van der Waals surface area (Å²) in [5.74, 6) is -0.956. The van der Waals surface area contributed by atoms with E-state index in [1.807, 2.05) is 51.1 Å². The highest BCUT2D eigenvalue weighted by Gasteiger charge is 2.21. The summed E-state index contributed by atoms with van der Waals surface area (Å²) in [6, 6.07) is 14.6. The van der Waals surface area contributed by atoms with E-state index in [2.05, 4.69) is 0 Å². The third-order valence-corrected chi connectivity index (χ3v) is 6.08. The summed E-state index contributed by atoms with van der Waals surface area (Å²) in [6.07, 6.45) is 2.91. The van der Waals surface area contributed by atoms with E-state index in [1.165, 1.54) is 0 Å². The number of aromatic nitrogens is 2. The molecule has 0 amide bonds. The first kappa shape index (κ1) is 23.5. The summed E-state index contributed by atoms with van der Waals surface area (Å²) in [7, 11) is 0. The molecule has 0 radical (unpaired) electrons. The van der Waals surface area contributed by atoms with Crippen LogP contribution in [0.15, 0.2) is 53.3 Å². The normalized spacial score (nSPS) is 12.1. The minimum Gasteiger partial charge on any atom is -0.478 e. The molecule has 0 spiro atoms. The van der Waals surface area contributed by atoms with E-state index in [0.29, 0.717) is 30.6 Å². The van der Waals surface area contributed by atoms with Crippen molar-refractivity contribution in [1.29, 1.82) is 0 Å². The summed E-state index contributed by atoms with van der Waals surface area (Å²) in [4.78, 5) is 24.6. The molecule has 1 aromatic heterocycles. The first-order valence-corrected chi connectivity index (χ1v) is 11.2. The Morgan fingerprint density at radius 3 is 2.31 bits per heavy atom. The van der Waals surface area contributed by atoms with Gasteiger partial charge in [-0.15, -0.1) is 0 Å². The zero-order valence-corrected chi connectivity index (χ0v) is 19.0. The number of carboxylic acids is 1. The average molecular weight is 439 g/mol. The number of alkyl halides is 1. The number of carboxylic acid groups (broad SMARTS) is 1. The van der Waals surface area contributed by atoms with Gasteiger partial charge in [-0.2, -0.15) is 0 Å². The Balaban J connectivity index is 1.87. The maximum absolute atomic E-state index is 13.9. The molecule has 6 heteroatoms. The van der Waals surface area contributed by atoms with Gasteiger partial charge in [-0.3, -0.25) is 9.13 Å². The van der Waals surface area contributed by atoms with E-state index in [-0.39, 0.29) is 17.3 Å². The second-order valence-electron chi connectivity index (χ2n) is 8.14. The number of nitrogens with zero attached hydrogens (tertiary/aromatic N) is 2. The Bertz CT molecular complexity index is 1130. The fraction of sp³-hybridized carbons (Fsp3) is 0.385. The largest absolute Gasteiger partial charge is 0.478 e. The van der Waals surface area contributed by atoms with Crippen molar-refractivity contribution in [2.45, 2.75) is 65.7 Å². The number of aromatic carboxylic acids is 1. The number of aryl methyl sites for hydroxylation is 1. The molecule has 0 saturated heterocycles. The van der Waals surface area contributed by atoms with Gasteiger partial charge in [0.1, 0.15) is 6.67 Å². The zero-order chi connectivity index (χ0) is 23.3. The predicted octanol–water partition coefficient (Wildman–Crippen LogP) is 5.65. The van der Waals surface area contributed by atoms with Crippen molar-refractivity contribution < 1.29 is 14.3 Å². The van der Waals surface area contributed by atoms with Crippen molar-refractivity contribution in [1.82, 2.24) is 9.13 Å². The van der Waals surface area contributed by atoms with Gasteiger partial charge in [0.15, 0.2) is 0 Å². The van der Waals surface area contributed by atoms with E-state index in [9.17, 15) is 19.1 Å².